The van der Waals surface area contributed by atoms with Crippen molar-refractivity contribution in [3.63, 3.8) is 0 Å². The second-order valence-electron chi connectivity index (χ2n) is 8.50. The van der Waals surface area contributed by atoms with E-state index >= 15 is 0 Å². The molecule has 0 aromatic carbocycles. The number of nitrogens with one attached hydrogen (secondary N) is 1. The summed E-state index contributed by atoms with van der Waals surface area (Å²) in [7, 11) is 0. The Balaban J connectivity index is 1.73. The number of ether oxygens (including phenoxy) is 2. The van der Waals surface area contributed by atoms with Gasteiger partial charge in [-0.05, 0) is 53.2 Å². The highest BCUT2D eigenvalue weighted by atomic mass is 32.1. The van der Waals surface area contributed by atoms with E-state index in [1.54, 1.807) is 44.5 Å². The van der Waals surface area contributed by atoms with Crippen molar-refractivity contribution in [2.24, 2.45) is 0 Å². The molecule has 0 bridgehead atoms. The number of rotatable bonds is 8. The van der Waals surface area contributed by atoms with Gasteiger partial charge in [0.15, 0.2) is 5.65 Å². The summed E-state index contributed by atoms with van der Waals surface area (Å²) < 4.78 is 13.9. The van der Waals surface area contributed by atoms with Crippen LogP contribution in [0.4, 0.5) is 5.00 Å². The van der Waals surface area contributed by atoms with E-state index in [1.165, 1.54) is 6.20 Å². The number of carbonyl (C=O) groups is 3. The third-order valence-corrected chi connectivity index (χ3v) is 6.76. The summed E-state index contributed by atoms with van der Waals surface area (Å²) in [6, 6.07) is 1.81. The average Bonchev–Trinajstić information content (AvgIpc) is 3.53. The van der Waals surface area contributed by atoms with Crippen molar-refractivity contribution in [3.05, 3.63) is 51.9 Å². The molecule has 1 amide bonds. The molecule has 4 aromatic rings. The van der Waals surface area contributed by atoms with Gasteiger partial charge >= 0.3 is 11.9 Å². The number of aryl methyl sites for hydroxylation is 2. The second kappa shape index (κ2) is 10.5. The summed E-state index contributed by atoms with van der Waals surface area (Å²) in [4.78, 5) is 43.3. The van der Waals surface area contributed by atoms with Gasteiger partial charge in [0.1, 0.15) is 15.4 Å². The Bertz CT molecular complexity index is 1500. The van der Waals surface area contributed by atoms with Crippen LogP contribution in [-0.2, 0) is 16.0 Å². The Morgan fingerprint density at radius 1 is 1.16 bits per heavy atom. The van der Waals surface area contributed by atoms with Gasteiger partial charge in [0.25, 0.3) is 5.91 Å². The number of fused-ring (bicyclic) bond motifs is 1. The van der Waals surface area contributed by atoms with E-state index in [9.17, 15) is 14.4 Å². The van der Waals surface area contributed by atoms with E-state index in [-0.39, 0.29) is 33.7 Å². The van der Waals surface area contributed by atoms with Gasteiger partial charge in [-0.2, -0.15) is 10.2 Å². The maximum atomic E-state index is 13.4. The van der Waals surface area contributed by atoms with Crippen LogP contribution in [0.2, 0.25) is 0 Å². The van der Waals surface area contributed by atoms with Crippen molar-refractivity contribution < 1.29 is 23.9 Å². The zero-order valence-corrected chi connectivity index (χ0v) is 22.3. The number of hydrogen-bond donors (Lipinski definition) is 1. The van der Waals surface area contributed by atoms with E-state index < -0.39 is 17.8 Å². The number of hydrogen-bond acceptors (Lipinski definition) is 9. The Kier molecular flexibility index (Phi) is 7.39. The first-order valence-corrected chi connectivity index (χ1v) is 12.7. The van der Waals surface area contributed by atoms with Gasteiger partial charge in [0, 0.05) is 24.5 Å². The van der Waals surface area contributed by atoms with Gasteiger partial charge in [-0.3, -0.25) is 9.48 Å². The Hall–Kier alpha value is -4.06. The molecule has 0 saturated carbocycles. The van der Waals surface area contributed by atoms with Crippen LogP contribution < -0.4 is 5.32 Å². The average molecular weight is 525 g/mol. The molecule has 1 N–H and O–H groups in total. The van der Waals surface area contributed by atoms with Crippen molar-refractivity contribution in [1.29, 1.82) is 0 Å². The molecule has 0 unspecified atom stereocenters. The van der Waals surface area contributed by atoms with Gasteiger partial charge in [0.05, 0.1) is 35.9 Å². The molecule has 0 aliphatic heterocycles. The molecule has 0 aliphatic carbocycles. The molecular formula is C25H28N6O5S. The monoisotopic (exact) mass is 524 g/mol. The van der Waals surface area contributed by atoms with Crippen LogP contribution in [0.3, 0.4) is 0 Å². The smallest absolute Gasteiger partial charge is 0.348 e. The molecule has 4 heterocycles. The number of thiophene rings is 1. The van der Waals surface area contributed by atoms with E-state index in [2.05, 4.69) is 20.5 Å². The molecule has 4 rings (SSSR count). The topological polar surface area (TPSA) is 130 Å². The molecule has 0 fully saturated rings. The molecule has 0 saturated heterocycles. The zero-order valence-electron chi connectivity index (χ0n) is 21.5. The lowest BCUT2D eigenvalue weighted by molar-refractivity contribution is 0.0379. The largest absolute Gasteiger partial charge is 0.462 e. The number of nitrogens with zero attached hydrogens (tertiary/aromatic N) is 5. The first-order valence-electron chi connectivity index (χ1n) is 11.9. The zero-order chi connectivity index (χ0) is 26.9. The quantitative estimate of drug-likeness (QED) is 0.338. The molecular weight excluding hydrogens is 496 g/mol. The van der Waals surface area contributed by atoms with Crippen LogP contribution in [0.1, 0.15) is 69.3 Å². The normalized spacial score (nSPS) is 11.2. The van der Waals surface area contributed by atoms with Crippen LogP contribution in [0.15, 0.2) is 24.7 Å². The predicted octanol–water partition coefficient (Wildman–Crippen LogP) is 4.29. The number of carbonyl (C=O) groups excluding carboxylic acids is 3. The molecule has 0 radical (unpaired) electrons. The van der Waals surface area contributed by atoms with E-state index in [0.717, 1.165) is 34.8 Å². The molecule has 4 aromatic heterocycles. The number of amides is 1. The number of anilines is 1. The van der Waals surface area contributed by atoms with Crippen LogP contribution in [0, 0.1) is 13.8 Å². The van der Waals surface area contributed by atoms with Crippen LogP contribution in [-0.4, -0.2) is 54.9 Å². The summed E-state index contributed by atoms with van der Waals surface area (Å²) >= 11 is 0.962. The van der Waals surface area contributed by atoms with Crippen molar-refractivity contribution in [2.75, 3.05) is 11.9 Å². The van der Waals surface area contributed by atoms with Gasteiger partial charge in [-0.1, -0.05) is 0 Å². The molecule has 0 atom stereocenters. The predicted molar refractivity (Wildman–Crippen MR) is 138 cm³/mol. The fourth-order valence-corrected chi connectivity index (χ4v) is 4.95. The lowest BCUT2D eigenvalue weighted by atomic mass is 10.1. The van der Waals surface area contributed by atoms with Crippen LogP contribution >= 0.6 is 11.3 Å². The molecule has 12 heteroatoms. The maximum Gasteiger partial charge on any atom is 0.348 e. The van der Waals surface area contributed by atoms with Crippen molar-refractivity contribution >= 4 is 39.8 Å². The lowest BCUT2D eigenvalue weighted by Gasteiger charge is -2.10. The van der Waals surface area contributed by atoms with E-state index in [1.807, 2.05) is 24.7 Å². The van der Waals surface area contributed by atoms with Crippen molar-refractivity contribution in [1.82, 2.24) is 24.4 Å². The number of esters is 2. The third kappa shape index (κ3) is 4.96. The van der Waals surface area contributed by atoms with Crippen LogP contribution in [0.25, 0.3) is 16.9 Å². The third-order valence-electron chi connectivity index (χ3n) is 5.57. The summed E-state index contributed by atoms with van der Waals surface area (Å²) in [6.45, 7) is 11.6. The minimum absolute atomic E-state index is 0.114. The van der Waals surface area contributed by atoms with Gasteiger partial charge in [0.2, 0.25) is 0 Å². The molecule has 37 heavy (non-hydrogen) atoms. The Morgan fingerprint density at radius 3 is 2.57 bits per heavy atom. The highest BCUT2D eigenvalue weighted by molar-refractivity contribution is 7.18. The summed E-state index contributed by atoms with van der Waals surface area (Å²) in [5, 5.41) is 11.8. The summed E-state index contributed by atoms with van der Waals surface area (Å²) in [5.41, 5.74) is 3.47. The van der Waals surface area contributed by atoms with Gasteiger partial charge < -0.3 is 14.8 Å². The van der Waals surface area contributed by atoms with Crippen LogP contribution in [0.5, 0.6) is 0 Å². The minimum atomic E-state index is -0.640. The fraction of sp³-hybridized carbons (Fsp3) is 0.360. The van der Waals surface area contributed by atoms with Gasteiger partial charge in [-0.25, -0.2) is 19.1 Å². The lowest BCUT2D eigenvalue weighted by Crippen LogP contribution is -2.17. The summed E-state index contributed by atoms with van der Waals surface area (Å²) in [6.07, 6.45) is 4.55. The van der Waals surface area contributed by atoms with Crippen molar-refractivity contribution in [2.45, 2.75) is 54.2 Å². The first-order chi connectivity index (χ1) is 17.7. The highest BCUT2D eigenvalue weighted by Gasteiger charge is 2.29. The van der Waals surface area contributed by atoms with Gasteiger partial charge in [-0.15, -0.1) is 11.3 Å². The number of aromatic nitrogens is 5. The molecule has 0 aliphatic rings. The fourth-order valence-electron chi connectivity index (χ4n) is 3.87. The molecule has 194 valence electrons. The Morgan fingerprint density at radius 2 is 1.92 bits per heavy atom. The molecule has 11 nitrogen and oxygen atoms in total. The second-order valence-corrected chi connectivity index (χ2v) is 9.52. The standard InChI is InChI=1S/C25H28N6O5S/c1-7-30-12-17(15(6)29-30)18-9-10-26-21-16(11-27-31(18)21)22(32)28-23-19(24(33)36-13(3)4)14(5)20(37-23)25(34)35-8-2/h9-13H,7-8H2,1-6H3,(H,28,32). The highest BCUT2D eigenvalue weighted by Crippen LogP contribution is 2.35. The maximum absolute atomic E-state index is 13.4. The molecule has 0 spiro atoms. The SMILES string of the molecule is CCOC(=O)c1sc(NC(=O)c2cnn3c(-c4cn(CC)nc4C)ccnc23)c(C(=O)OC(C)C)c1C. The summed E-state index contributed by atoms with van der Waals surface area (Å²) in [5.74, 6) is -1.75. The first kappa shape index (κ1) is 26.0. The Labute approximate surface area is 217 Å². The van der Waals surface area contributed by atoms with E-state index in [4.69, 9.17) is 9.47 Å². The minimum Gasteiger partial charge on any atom is -0.462 e. The van der Waals surface area contributed by atoms with Crippen molar-refractivity contribution in [3.8, 4) is 11.3 Å². The van der Waals surface area contributed by atoms with E-state index in [0.29, 0.717) is 11.2 Å².